The molecule has 1 aromatic carbocycles. The Labute approximate surface area is 122 Å². The lowest BCUT2D eigenvalue weighted by molar-refractivity contribution is 0.490. The summed E-state index contributed by atoms with van der Waals surface area (Å²) in [4.78, 5) is 2.49. The number of nitrogens with one attached hydrogen (secondary N) is 1. The topological polar surface area (TPSA) is 15.3 Å². The molecule has 98 valence electrons. The van der Waals surface area contributed by atoms with Crippen molar-refractivity contribution in [2.75, 3.05) is 24.5 Å². The maximum atomic E-state index is 6.02. The third-order valence-corrected chi connectivity index (χ3v) is 4.74. The van der Waals surface area contributed by atoms with Crippen molar-refractivity contribution in [1.29, 1.82) is 0 Å². The number of hydrogen-bond donors (Lipinski definition) is 1. The van der Waals surface area contributed by atoms with Crippen molar-refractivity contribution in [3.63, 3.8) is 0 Å². The lowest BCUT2D eigenvalue weighted by Gasteiger charge is -2.27. The molecule has 0 aromatic heterocycles. The van der Waals surface area contributed by atoms with E-state index in [2.05, 4.69) is 32.2 Å². The van der Waals surface area contributed by atoms with Gasteiger partial charge < -0.3 is 10.2 Å². The standard InChI is InChI=1S/C14H18BrClN2/c15-12-8-11(16)4-5-14(12)18-7-1-6-17-13(9-18)10-2-3-10/h4-5,8,10,13,17H,1-3,6-7,9H2. The summed E-state index contributed by atoms with van der Waals surface area (Å²) in [6.45, 7) is 3.38. The Hall–Kier alpha value is -0.250. The lowest BCUT2D eigenvalue weighted by Crippen LogP contribution is -2.39. The predicted octanol–water partition coefficient (Wildman–Crippen LogP) is 3.68. The first kappa shape index (κ1) is 12.8. The zero-order chi connectivity index (χ0) is 12.5. The van der Waals surface area contributed by atoms with Crippen LogP contribution in [-0.4, -0.2) is 25.7 Å². The summed E-state index contributed by atoms with van der Waals surface area (Å²) < 4.78 is 1.10. The van der Waals surface area contributed by atoms with Crippen molar-refractivity contribution in [3.05, 3.63) is 27.7 Å². The second-order valence-electron chi connectivity index (χ2n) is 5.29. The Morgan fingerprint density at radius 1 is 1.33 bits per heavy atom. The summed E-state index contributed by atoms with van der Waals surface area (Å²) in [5.41, 5.74) is 1.27. The van der Waals surface area contributed by atoms with E-state index in [4.69, 9.17) is 11.6 Å². The predicted molar refractivity (Wildman–Crippen MR) is 80.5 cm³/mol. The van der Waals surface area contributed by atoms with Gasteiger partial charge in [0.25, 0.3) is 0 Å². The Bertz CT molecular complexity index is 434. The molecule has 1 saturated carbocycles. The Morgan fingerprint density at radius 2 is 2.17 bits per heavy atom. The zero-order valence-electron chi connectivity index (χ0n) is 10.3. The van der Waals surface area contributed by atoms with Crippen LogP contribution in [0.3, 0.4) is 0 Å². The molecular formula is C14H18BrClN2. The highest BCUT2D eigenvalue weighted by Gasteiger charge is 2.33. The molecule has 3 rings (SSSR count). The van der Waals surface area contributed by atoms with E-state index < -0.39 is 0 Å². The molecule has 4 heteroatoms. The molecule has 0 radical (unpaired) electrons. The number of hydrogen-bond acceptors (Lipinski definition) is 2. The molecule has 2 fully saturated rings. The van der Waals surface area contributed by atoms with Crippen LogP contribution in [0, 0.1) is 5.92 Å². The van der Waals surface area contributed by atoms with E-state index in [1.165, 1.54) is 24.9 Å². The second kappa shape index (κ2) is 5.40. The summed E-state index contributed by atoms with van der Waals surface area (Å²) in [5.74, 6) is 0.900. The van der Waals surface area contributed by atoms with Gasteiger partial charge in [-0.15, -0.1) is 0 Å². The molecule has 1 heterocycles. The van der Waals surface area contributed by atoms with E-state index in [0.717, 1.165) is 35.0 Å². The average Bonchev–Trinajstić information content (AvgIpc) is 3.15. The summed E-state index contributed by atoms with van der Waals surface area (Å²) in [6.07, 6.45) is 4.00. The molecule has 0 amide bonds. The monoisotopic (exact) mass is 328 g/mol. The number of benzene rings is 1. The van der Waals surface area contributed by atoms with Crippen molar-refractivity contribution < 1.29 is 0 Å². The first-order valence-corrected chi connectivity index (χ1v) is 7.84. The Morgan fingerprint density at radius 3 is 2.89 bits per heavy atom. The van der Waals surface area contributed by atoms with E-state index in [1.54, 1.807) is 0 Å². The fraction of sp³-hybridized carbons (Fsp3) is 0.571. The van der Waals surface area contributed by atoms with Gasteiger partial charge in [-0.3, -0.25) is 0 Å². The maximum absolute atomic E-state index is 6.02. The van der Waals surface area contributed by atoms with E-state index in [0.29, 0.717) is 6.04 Å². The molecule has 18 heavy (non-hydrogen) atoms. The van der Waals surface area contributed by atoms with Crippen LogP contribution in [0.5, 0.6) is 0 Å². The van der Waals surface area contributed by atoms with Gasteiger partial charge in [-0.25, -0.2) is 0 Å². The third-order valence-electron chi connectivity index (χ3n) is 3.87. The van der Waals surface area contributed by atoms with E-state index in [1.807, 2.05) is 12.1 Å². The number of rotatable bonds is 2. The van der Waals surface area contributed by atoms with Crippen molar-refractivity contribution in [2.45, 2.75) is 25.3 Å². The molecule has 1 saturated heterocycles. The fourth-order valence-electron chi connectivity index (χ4n) is 2.72. The first-order chi connectivity index (χ1) is 8.74. The van der Waals surface area contributed by atoms with Crippen LogP contribution in [0.15, 0.2) is 22.7 Å². The normalized spacial score (nSPS) is 25.0. The number of nitrogens with zero attached hydrogens (tertiary/aromatic N) is 1. The van der Waals surface area contributed by atoms with Crippen LogP contribution in [0.4, 0.5) is 5.69 Å². The Kier molecular flexibility index (Phi) is 3.83. The van der Waals surface area contributed by atoms with Gasteiger partial charge in [-0.05, 0) is 65.9 Å². The minimum Gasteiger partial charge on any atom is -0.369 e. The summed E-state index contributed by atoms with van der Waals surface area (Å²) in [6, 6.07) is 6.75. The van der Waals surface area contributed by atoms with Gasteiger partial charge >= 0.3 is 0 Å². The average molecular weight is 330 g/mol. The molecule has 1 aliphatic carbocycles. The van der Waals surface area contributed by atoms with E-state index in [9.17, 15) is 0 Å². The molecule has 1 unspecified atom stereocenters. The van der Waals surface area contributed by atoms with Gasteiger partial charge in [0.15, 0.2) is 0 Å². The van der Waals surface area contributed by atoms with E-state index >= 15 is 0 Å². The second-order valence-corrected chi connectivity index (χ2v) is 6.58. The highest BCUT2D eigenvalue weighted by atomic mass is 79.9. The smallest absolute Gasteiger partial charge is 0.0512 e. The minimum absolute atomic E-state index is 0.662. The van der Waals surface area contributed by atoms with Crippen molar-refractivity contribution in [2.24, 2.45) is 5.92 Å². The van der Waals surface area contributed by atoms with Gasteiger partial charge in [0, 0.05) is 28.6 Å². The largest absolute Gasteiger partial charge is 0.369 e. The van der Waals surface area contributed by atoms with Crippen LogP contribution >= 0.6 is 27.5 Å². The molecular weight excluding hydrogens is 312 g/mol. The number of anilines is 1. The number of halogens is 2. The van der Waals surface area contributed by atoms with Crippen LogP contribution in [0.1, 0.15) is 19.3 Å². The van der Waals surface area contributed by atoms with Crippen molar-refractivity contribution in [1.82, 2.24) is 5.32 Å². The quantitative estimate of drug-likeness (QED) is 0.890. The van der Waals surface area contributed by atoms with Crippen LogP contribution in [0.25, 0.3) is 0 Å². The Balaban J connectivity index is 1.80. The summed E-state index contributed by atoms with van der Waals surface area (Å²) in [7, 11) is 0. The van der Waals surface area contributed by atoms with E-state index in [-0.39, 0.29) is 0 Å². The molecule has 2 nitrogen and oxygen atoms in total. The fourth-order valence-corrected chi connectivity index (χ4v) is 3.65. The maximum Gasteiger partial charge on any atom is 0.0512 e. The highest BCUT2D eigenvalue weighted by molar-refractivity contribution is 9.10. The third kappa shape index (κ3) is 2.84. The molecule has 2 aliphatic rings. The van der Waals surface area contributed by atoms with Crippen molar-refractivity contribution in [3.8, 4) is 0 Å². The molecule has 1 aliphatic heterocycles. The minimum atomic E-state index is 0.662. The lowest BCUT2D eigenvalue weighted by atomic mass is 10.1. The van der Waals surface area contributed by atoms with Gasteiger partial charge in [0.2, 0.25) is 0 Å². The molecule has 1 aromatic rings. The molecule has 0 bridgehead atoms. The molecule has 0 spiro atoms. The van der Waals surface area contributed by atoms with Crippen LogP contribution < -0.4 is 10.2 Å². The molecule has 1 N–H and O–H groups in total. The molecule has 1 atom stereocenters. The highest BCUT2D eigenvalue weighted by Crippen LogP contribution is 2.36. The van der Waals surface area contributed by atoms with Crippen LogP contribution in [0.2, 0.25) is 5.02 Å². The first-order valence-electron chi connectivity index (χ1n) is 6.67. The van der Waals surface area contributed by atoms with Crippen LogP contribution in [-0.2, 0) is 0 Å². The van der Waals surface area contributed by atoms with Crippen molar-refractivity contribution >= 4 is 33.2 Å². The SMILES string of the molecule is Clc1ccc(N2CCCNC(C3CC3)C2)c(Br)c1. The van der Waals surface area contributed by atoms with Gasteiger partial charge in [0.05, 0.1) is 5.69 Å². The van der Waals surface area contributed by atoms with Gasteiger partial charge in [-0.2, -0.15) is 0 Å². The summed E-state index contributed by atoms with van der Waals surface area (Å²) >= 11 is 9.65. The van der Waals surface area contributed by atoms with Gasteiger partial charge in [-0.1, -0.05) is 11.6 Å². The van der Waals surface area contributed by atoms with Gasteiger partial charge in [0.1, 0.15) is 0 Å². The zero-order valence-corrected chi connectivity index (χ0v) is 12.7. The summed E-state index contributed by atoms with van der Waals surface area (Å²) in [5, 5.41) is 4.48.